The van der Waals surface area contributed by atoms with Gasteiger partial charge in [-0.3, -0.25) is 0 Å². The Morgan fingerprint density at radius 3 is 2.40 bits per heavy atom. The fraction of sp³-hybridized carbons (Fsp3) is 1.00. The van der Waals surface area contributed by atoms with Crippen LogP contribution in [-0.2, 0) is 4.74 Å². The second kappa shape index (κ2) is 5.69. The number of ether oxygens (including phenoxy) is 1. The first-order valence-electron chi connectivity index (χ1n) is 3.97. The molecule has 0 bridgehead atoms. The standard InChI is InChI=1S/C8H19NO/c1-5-9(4)6-7-10-8(2)3/h8H,5-7H2,1-4H3. The first kappa shape index (κ1) is 9.92. The minimum atomic E-state index is 0.366. The molecule has 0 aromatic heterocycles. The van der Waals surface area contributed by atoms with Gasteiger partial charge < -0.3 is 9.64 Å². The van der Waals surface area contributed by atoms with Crippen LogP contribution >= 0.6 is 0 Å². The predicted octanol–water partition coefficient (Wildman–Crippen LogP) is 1.36. The quantitative estimate of drug-likeness (QED) is 0.579. The highest BCUT2D eigenvalue weighted by Gasteiger charge is 1.95. The molecule has 10 heavy (non-hydrogen) atoms. The van der Waals surface area contributed by atoms with E-state index in [4.69, 9.17) is 4.74 Å². The summed E-state index contributed by atoms with van der Waals surface area (Å²) >= 11 is 0. The third-order valence-corrected chi connectivity index (χ3v) is 1.46. The van der Waals surface area contributed by atoms with Gasteiger partial charge in [0.25, 0.3) is 0 Å². The molecule has 62 valence electrons. The van der Waals surface area contributed by atoms with Gasteiger partial charge in [-0.25, -0.2) is 0 Å². The molecule has 0 saturated heterocycles. The summed E-state index contributed by atoms with van der Waals surface area (Å²) in [7, 11) is 2.10. The van der Waals surface area contributed by atoms with E-state index < -0.39 is 0 Å². The Labute approximate surface area is 64.2 Å². The normalized spacial score (nSPS) is 11.4. The van der Waals surface area contributed by atoms with Crippen molar-refractivity contribution in [2.45, 2.75) is 26.9 Å². The van der Waals surface area contributed by atoms with E-state index in [1.54, 1.807) is 0 Å². The average Bonchev–Trinajstić information content (AvgIpc) is 1.87. The van der Waals surface area contributed by atoms with Crippen LogP contribution in [0.15, 0.2) is 0 Å². The predicted molar refractivity (Wildman–Crippen MR) is 44.3 cm³/mol. The zero-order valence-corrected chi connectivity index (χ0v) is 7.55. The van der Waals surface area contributed by atoms with Gasteiger partial charge in [0.05, 0.1) is 12.7 Å². The summed E-state index contributed by atoms with van der Waals surface area (Å²) in [6.07, 6.45) is 0.366. The van der Waals surface area contributed by atoms with E-state index in [0.29, 0.717) is 6.10 Å². The molecule has 0 aromatic rings. The van der Waals surface area contributed by atoms with E-state index in [1.807, 2.05) is 0 Å². The summed E-state index contributed by atoms with van der Waals surface area (Å²) < 4.78 is 5.37. The van der Waals surface area contributed by atoms with Crippen molar-refractivity contribution in [3.63, 3.8) is 0 Å². The molecule has 0 radical (unpaired) electrons. The Morgan fingerprint density at radius 1 is 1.40 bits per heavy atom. The molecule has 2 heteroatoms. The highest BCUT2D eigenvalue weighted by Crippen LogP contribution is 1.88. The summed E-state index contributed by atoms with van der Waals surface area (Å²) in [5.41, 5.74) is 0. The molecule has 0 spiro atoms. The van der Waals surface area contributed by atoms with E-state index in [2.05, 4.69) is 32.7 Å². The molecule has 0 fully saturated rings. The lowest BCUT2D eigenvalue weighted by Crippen LogP contribution is -2.23. The number of rotatable bonds is 5. The van der Waals surface area contributed by atoms with Gasteiger partial charge in [-0.15, -0.1) is 0 Å². The second-order valence-electron chi connectivity index (χ2n) is 2.82. The molecule has 0 aromatic carbocycles. The minimum Gasteiger partial charge on any atom is -0.377 e. The number of nitrogens with zero attached hydrogens (tertiary/aromatic N) is 1. The fourth-order valence-corrected chi connectivity index (χ4v) is 0.602. The van der Waals surface area contributed by atoms with E-state index >= 15 is 0 Å². The summed E-state index contributed by atoms with van der Waals surface area (Å²) in [4.78, 5) is 2.24. The van der Waals surface area contributed by atoms with Gasteiger partial charge in [-0.1, -0.05) is 6.92 Å². The van der Waals surface area contributed by atoms with E-state index in [-0.39, 0.29) is 0 Å². The number of likely N-dealkylation sites (N-methyl/N-ethyl adjacent to an activating group) is 1. The summed E-state index contributed by atoms with van der Waals surface area (Å²) in [6, 6.07) is 0. The highest BCUT2D eigenvalue weighted by molar-refractivity contribution is 4.46. The van der Waals surface area contributed by atoms with E-state index in [1.165, 1.54) is 0 Å². The van der Waals surface area contributed by atoms with Crippen LogP contribution < -0.4 is 0 Å². The van der Waals surface area contributed by atoms with Crippen LogP contribution in [0.1, 0.15) is 20.8 Å². The van der Waals surface area contributed by atoms with E-state index in [9.17, 15) is 0 Å². The molecule has 0 heterocycles. The summed E-state index contributed by atoms with van der Waals surface area (Å²) in [5, 5.41) is 0. The molecule has 0 rings (SSSR count). The molecule has 2 nitrogen and oxygen atoms in total. The molecule has 0 amide bonds. The lowest BCUT2D eigenvalue weighted by Gasteiger charge is -2.14. The molecule has 0 unspecified atom stereocenters. The van der Waals surface area contributed by atoms with Gasteiger partial charge in [0.2, 0.25) is 0 Å². The second-order valence-corrected chi connectivity index (χ2v) is 2.82. The fourth-order valence-electron chi connectivity index (χ4n) is 0.602. The summed E-state index contributed by atoms with van der Waals surface area (Å²) in [6.45, 7) is 9.26. The molecule has 0 saturated carbocycles. The lowest BCUT2D eigenvalue weighted by molar-refractivity contribution is 0.0647. The van der Waals surface area contributed by atoms with Crippen molar-refractivity contribution in [3.05, 3.63) is 0 Å². The van der Waals surface area contributed by atoms with Crippen molar-refractivity contribution in [2.75, 3.05) is 26.7 Å². The maximum absolute atomic E-state index is 5.37. The zero-order valence-electron chi connectivity index (χ0n) is 7.55. The Kier molecular flexibility index (Phi) is 5.64. The van der Waals surface area contributed by atoms with Crippen LogP contribution in [-0.4, -0.2) is 37.7 Å². The van der Waals surface area contributed by atoms with Gasteiger partial charge >= 0.3 is 0 Å². The lowest BCUT2D eigenvalue weighted by atomic mass is 10.5. The molecule has 0 aliphatic carbocycles. The summed E-state index contributed by atoms with van der Waals surface area (Å²) in [5.74, 6) is 0. The Bertz CT molecular complexity index is 73.7. The topological polar surface area (TPSA) is 12.5 Å². The Morgan fingerprint density at radius 2 is 2.00 bits per heavy atom. The maximum atomic E-state index is 5.37. The first-order chi connectivity index (χ1) is 4.66. The van der Waals surface area contributed by atoms with Crippen LogP contribution in [0.5, 0.6) is 0 Å². The van der Waals surface area contributed by atoms with Crippen molar-refractivity contribution in [1.29, 1.82) is 0 Å². The van der Waals surface area contributed by atoms with Crippen LogP contribution in [0.2, 0.25) is 0 Å². The molecule has 0 atom stereocenters. The number of hydrogen-bond donors (Lipinski definition) is 0. The first-order valence-corrected chi connectivity index (χ1v) is 3.97. The largest absolute Gasteiger partial charge is 0.377 e. The Balaban J connectivity index is 3.03. The maximum Gasteiger partial charge on any atom is 0.0596 e. The molecular weight excluding hydrogens is 126 g/mol. The molecule has 0 N–H and O–H groups in total. The minimum absolute atomic E-state index is 0.366. The zero-order chi connectivity index (χ0) is 7.98. The van der Waals surface area contributed by atoms with E-state index in [0.717, 1.165) is 19.7 Å². The van der Waals surface area contributed by atoms with Gasteiger partial charge in [-0.05, 0) is 27.4 Å². The molecule has 0 aliphatic heterocycles. The SMILES string of the molecule is CCN(C)CCOC(C)C. The van der Waals surface area contributed by atoms with Crippen molar-refractivity contribution in [1.82, 2.24) is 4.90 Å². The van der Waals surface area contributed by atoms with Crippen molar-refractivity contribution in [3.8, 4) is 0 Å². The van der Waals surface area contributed by atoms with Crippen LogP contribution in [0, 0.1) is 0 Å². The van der Waals surface area contributed by atoms with Crippen LogP contribution in [0.4, 0.5) is 0 Å². The smallest absolute Gasteiger partial charge is 0.0596 e. The Hall–Kier alpha value is -0.0800. The van der Waals surface area contributed by atoms with Crippen molar-refractivity contribution in [2.24, 2.45) is 0 Å². The number of hydrogen-bond acceptors (Lipinski definition) is 2. The molecular formula is C8H19NO. The van der Waals surface area contributed by atoms with Gasteiger partial charge in [0.15, 0.2) is 0 Å². The average molecular weight is 145 g/mol. The van der Waals surface area contributed by atoms with Crippen LogP contribution in [0.25, 0.3) is 0 Å². The van der Waals surface area contributed by atoms with Gasteiger partial charge in [0, 0.05) is 6.54 Å². The molecule has 0 aliphatic rings. The highest BCUT2D eigenvalue weighted by atomic mass is 16.5. The monoisotopic (exact) mass is 145 g/mol. The van der Waals surface area contributed by atoms with Gasteiger partial charge in [-0.2, -0.15) is 0 Å². The van der Waals surface area contributed by atoms with Crippen molar-refractivity contribution >= 4 is 0 Å². The van der Waals surface area contributed by atoms with Crippen LogP contribution in [0.3, 0.4) is 0 Å². The third-order valence-electron chi connectivity index (χ3n) is 1.46. The van der Waals surface area contributed by atoms with Crippen molar-refractivity contribution < 1.29 is 4.74 Å². The van der Waals surface area contributed by atoms with Gasteiger partial charge in [0.1, 0.15) is 0 Å². The third kappa shape index (κ3) is 6.05.